The highest BCUT2D eigenvalue weighted by Crippen LogP contribution is 2.38. The molecule has 10 heteroatoms. The summed E-state index contributed by atoms with van der Waals surface area (Å²) in [4.78, 5) is 4.52. The van der Waals surface area contributed by atoms with Crippen LogP contribution >= 0.6 is 0 Å². The summed E-state index contributed by atoms with van der Waals surface area (Å²) in [6, 6.07) is 13.8. The molecule has 3 heterocycles. The predicted octanol–water partition coefficient (Wildman–Crippen LogP) is 3.95. The second kappa shape index (κ2) is 9.94. The molecule has 1 aromatic carbocycles. The number of hydrogen-bond donors (Lipinski definition) is 2. The van der Waals surface area contributed by atoms with Crippen molar-refractivity contribution in [3.8, 4) is 11.5 Å². The number of sulfonamides is 1. The smallest absolute Gasteiger partial charge is 0.248 e. The highest BCUT2D eigenvalue weighted by Gasteiger charge is 2.32. The fourth-order valence-electron chi connectivity index (χ4n) is 4.56. The molecule has 186 valence electrons. The summed E-state index contributed by atoms with van der Waals surface area (Å²) in [5, 5.41) is 15.6. The van der Waals surface area contributed by atoms with E-state index < -0.39 is 10.0 Å². The van der Waals surface area contributed by atoms with Crippen molar-refractivity contribution in [1.29, 1.82) is 0 Å². The standard InChI is InChI=1S/C25H32N6O3S/c1-31(35(2,32)33)22-16-19(15-21(28-22)26-14-12-17-10-11-17)24-29-30-25(34-24)23-20(9-6-13-27-23)18-7-4-3-5-8-18/h3-5,7-8,15-17,20,23,27H,6,9-14H2,1-2H3,(H,26,28)/t20-,23-/m0/s1. The van der Waals surface area contributed by atoms with Crippen LogP contribution in [0, 0.1) is 5.92 Å². The average Bonchev–Trinajstić information content (AvgIpc) is 3.56. The Hall–Kier alpha value is -2.98. The highest BCUT2D eigenvalue weighted by molar-refractivity contribution is 7.92. The van der Waals surface area contributed by atoms with Crippen molar-refractivity contribution in [3.63, 3.8) is 0 Å². The molecule has 0 spiro atoms. The van der Waals surface area contributed by atoms with Crippen LogP contribution in [-0.4, -0.2) is 50.0 Å². The lowest BCUT2D eigenvalue weighted by atomic mass is 9.85. The van der Waals surface area contributed by atoms with Gasteiger partial charge in [-0.1, -0.05) is 43.2 Å². The third-order valence-corrected chi connectivity index (χ3v) is 8.01. The van der Waals surface area contributed by atoms with E-state index in [-0.39, 0.29) is 12.0 Å². The van der Waals surface area contributed by atoms with Crippen molar-refractivity contribution in [2.24, 2.45) is 5.92 Å². The minimum Gasteiger partial charge on any atom is -0.419 e. The van der Waals surface area contributed by atoms with E-state index >= 15 is 0 Å². The van der Waals surface area contributed by atoms with Gasteiger partial charge in [0.15, 0.2) is 0 Å². The average molecular weight is 497 g/mol. The zero-order valence-electron chi connectivity index (χ0n) is 20.1. The Labute approximate surface area is 206 Å². The Bertz CT molecular complexity index is 1260. The summed E-state index contributed by atoms with van der Waals surface area (Å²) < 4.78 is 31.7. The summed E-state index contributed by atoms with van der Waals surface area (Å²) in [7, 11) is -1.99. The molecule has 5 rings (SSSR count). The number of rotatable bonds is 9. The maximum atomic E-state index is 12.2. The van der Waals surface area contributed by atoms with Gasteiger partial charge < -0.3 is 15.1 Å². The normalized spacial score (nSPS) is 20.5. The van der Waals surface area contributed by atoms with Gasteiger partial charge >= 0.3 is 0 Å². The van der Waals surface area contributed by atoms with E-state index in [1.165, 1.54) is 25.5 Å². The first kappa shape index (κ1) is 23.7. The van der Waals surface area contributed by atoms with Crippen LogP contribution in [-0.2, 0) is 10.0 Å². The van der Waals surface area contributed by atoms with Crippen LogP contribution in [0.2, 0.25) is 0 Å². The molecule has 2 aliphatic rings. The molecular weight excluding hydrogens is 464 g/mol. The molecule has 2 atom stereocenters. The second-order valence-electron chi connectivity index (χ2n) is 9.53. The van der Waals surface area contributed by atoms with Gasteiger partial charge in [0.25, 0.3) is 0 Å². The summed E-state index contributed by atoms with van der Waals surface area (Å²) in [5.74, 6) is 2.79. The Morgan fingerprint density at radius 3 is 2.69 bits per heavy atom. The Morgan fingerprint density at radius 2 is 1.94 bits per heavy atom. The van der Waals surface area contributed by atoms with Crippen molar-refractivity contribution >= 4 is 21.7 Å². The van der Waals surface area contributed by atoms with Crippen molar-refractivity contribution in [2.45, 2.75) is 44.1 Å². The molecule has 2 aromatic heterocycles. The van der Waals surface area contributed by atoms with Crippen molar-refractivity contribution in [3.05, 3.63) is 53.9 Å². The molecule has 0 radical (unpaired) electrons. The van der Waals surface area contributed by atoms with Gasteiger partial charge in [-0.15, -0.1) is 10.2 Å². The molecule has 2 fully saturated rings. The SMILES string of the molecule is CN(c1cc(-c2nnc([C@H]3NCCC[C@H]3c3ccccc3)o2)cc(NCCC2CC2)n1)S(C)(=O)=O. The van der Waals surface area contributed by atoms with Gasteiger partial charge in [-0.25, -0.2) is 13.4 Å². The molecule has 9 nitrogen and oxygen atoms in total. The van der Waals surface area contributed by atoms with Crippen LogP contribution in [0.3, 0.4) is 0 Å². The van der Waals surface area contributed by atoms with Gasteiger partial charge in [0.1, 0.15) is 11.6 Å². The van der Waals surface area contributed by atoms with Crippen LogP contribution in [0.25, 0.3) is 11.5 Å². The van der Waals surface area contributed by atoms with E-state index in [2.05, 4.69) is 50.1 Å². The van der Waals surface area contributed by atoms with Gasteiger partial charge in [0.05, 0.1) is 12.3 Å². The van der Waals surface area contributed by atoms with Crippen LogP contribution in [0.1, 0.15) is 55.5 Å². The second-order valence-corrected chi connectivity index (χ2v) is 11.5. The quantitative estimate of drug-likeness (QED) is 0.458. The molecule has 3 aromatic rings. The number of hydrogen-bond acceptors (Lipinski definition) is 8. The Morgan fingerprint density at radius 1 is 1.14 bits per heavy atom. The predicted molar refractivity (Wildman–Crippen MR) is 136 cm³/mol. The molecule has 0 bridgehead atoms. The van der Waals surface area contributed by atoms with E-state index in [0.717, 1.165) is 48.8 Å². The fourth-order valence-corrected chi connectivity index (χ4v) is 4.99. The molecule has 1 aliphatic heterocycles. The van der Waals surface area contributed by atoms with Gasteiger partial charge in [-0.3, -0.25) is 4.31 Å². The zero-order chi connectivity index (χ0) is 24.4. The van der Waals surface area contributed by atoms with E-state index in [1.807, 2.05) is 12.1 Å². The number of anilines is 2. The van der Waals surface area contributed by atoms with Gasteiger partial charge in [-0.2, -0.15) is 0 Å². The fraction of sp³-hybridized carbons (Fsp3) is 0.480. The number of aromatic nitrogens is 3. The number of pyridine rings is 1. The van der Waals surface area contributed by atoms with Crippen molar-refractivity contribution < 1.29 is 12.8 Å². The lowest BCUT2D eigenvalue weighted by Crippen LogP contribution is -2.33. The number of nitrogens with one attached hydrogen (secondary N) is 2. The van der Waals surface area contributed by atoms with E-state index in [9.17, 15) is 8.42 Å². The van der Waals surface area contributed by atoms with E-state index in [1.54, 1.807) is 6.07 Å². The Kier molecular flexibility index (Phi) is 6.75. The third kappa shape index (κ3) is 5.65. The van der Waals surface area contributed by atoms with Crippen LogP contribution in [0.15, 0.2) is 46.9 Å². The van der Waals surface area contributed by atoms with Crippen molar-refractivity contribution in [1.82, 2.24) is 20.5 Å². The molecule has 1 saturated carbocycles. The van der Waals surface area contributed by atoms with Crippen LogP contribution in [0.4, 0.5) is 11.6 Å². The van der Waals surface area contributed by atoms with E-state index in [0.29, 0.717) is 29.0 Å². The summed E-state index contributed by atoms with van der Waals surface area (Å²) >= 11 is 0. The van der Waals surface area contributed by atoms with Crippen LogP contribution in [0.5, 0.6) is 0 Å². The molecule has 0 unspecified atom stereocenters. The molecule has 1 saturated heterocycles. The molecule has 2 N–H and O–H groups in total. The maximum absolute atomic E-state index is 12.2. The number of benzene rings is 1. The third-order valence-electron chi connectivity index (χ3n) is 6.83. The maximum Gasteiger partial charge on any atom is 0.248 e. The highest BCUT2D eigenvalue weighted by atomic mass is 32.2. The lowest BCUT2D eigenvalue weighted by molar-refractivity contribution is 0.303. The van der Waals surface area contributed by atoms with Gasteiger partial charge in [0, 0.05) is 25.1 Å². The minimum absolute atomic E-state index is 0.0801. The number of nitrogens with zero attached hydrogens (tertiary/aromatic N) is 4. The molecule has 0 amide bonds. The molecular formula is C25H32N6O3S. The van der Waals surface area contributed by atoms with Gasteiger partial charge in [-0.05, 0) is 49.4 Å². The summed E-state index contributed by atoms with van der Waals surface area (Å²) in [6.45, 7) is 1.67. The Balaban J connectivity index is 1.44. The summed E-state index contributed by atoms with van der Waals surface area (Å²) in [6.07, 6.45) is 6.90. The van der Waals surface area contributed by atoms with E-state index in [4.69, 9.17) is 4.42 Å². The zero-order valence-corrected chi connectivity index (χ0v) is 21.0. The van der Waals surface area contributed by atoms with Crippen LogP contribution < -0.4 is 14.9 Å². The van der Waals surface area contributed by atoms with Crippen molar-refractivity contribution in [2.75, 3.05) is 36.0 Å². The molecule has 35 heavy (non-hydrogen) atoms. The largest absolute Gasteiger partial charge is 0.419 e. The first-order chi connectivity index (χ1) is 16.9. The topological polar surface area (TPSA) is 113 Å². The summed E-state index contributed by atoms with van der Waals surface area (Å²) in [5.41, 5.74) is 1.87. The molecule has 1 aliphatic carbocycles. The first-order valence-corrected chi connectivity index (χ1v) is 14.1. The lowest BCUT2D eigenvalue weighted by Gasteiger charge is -2.30. The first-order valence-electron chi connectivity index (χ1n) is 12.2. The minimum atomic E-state index is -3.48. The number of piperidine rings is 1. The monoisotopic (exact) mass is 496 g/mol. The van der Waals surface area contributed by atoms with Gasteiger partial charge in [0.2, 0.25) is 21.8 Å².